The van der Waals surface area contributed by atoms with E-state index in [4.69, 9.17) is 0 Å². The van der Waals surface area contributed by atoms with Crippen LogP contribution in [0.25, 0.3) is 0 Å². The molecule has 0 fully saturated rings. The molecule has 0 N–H and O–H groups in total. The van der Waals surface area contributed by atoms with Crippen LogP contribution in [0.1, 0.15) is 34.2 Å². The SMILES string of the molecule is Cc1cccc(CSCc2nccnc2CSCc2cccc(C)n2)n1. The molecule has 4 nitrogen and oxygen atoms in total. The maximum atomic E-state index is 4.55. The lowest BCUT2D eigenvalue weighted by Crippen LogP contribution is -1.99. The molecular formula is C20H22N4S2. The van der Waals surface area contributed by atoms with Crippen LogP contribution in [0.15, 0.2) is 48.8 Å². The number of aryl methyl sites for hydroxylation is 2. The van der Waals surface area contributed by atoms with E-state index in [9.17, 15) is 0 Å². The molecule has 0 aromatic carbocycles. The van der Waals surface area contributed by atoms with Gasteiger partial charge in [0.2, 0.25) is 0 Å². The summed E-state index contributed by atoms with van der Waals surface area (Å²) in [7, 11) is 0. The van der Waals surface area contributed by atoms with Gasteiger partial charge in [0.1, 0.15) is 0 Å². The lowest BCUT2D eigenvalue weighted by Gasteiger charge is -2.08. The zero-order valence-electron chi connectivity index (χ0n) is 15.1. The highest BCUT2D eigenvalue weighted by atomic mass is 32.2. The average molecular weight is 383 g/mol. The Morgan fingerprint density at radius 1 is 0.654 bits per heavy atom. The fourth-order valence-corrected chi connectivity index (χ4v) is 4.31. The number of nitrogens with zero attached hydrogens (tertiary/aromatic N) is 4. The van der Waals surface area contributed by atoms with Gasteiger partial charge in [-0.05, 0) is 38.1 Å². The monoisotopic (exact) mass is 382 g/mol. The Labute approximate surface area is 163 Å². The molecule has 6 heteroatoms. The predicted octanol–water partition coefficient (Wildman–Crippen LogP) is 4.75. The van der Waals surface area contributed by atoms with Crippen LogP contribution in [0.5, 0.6) is 0 Å². The first kappa shape index (κ1) is 18.9. The van der Waals surface area contributed by atoms with E-state index in [1.165, 1.54) is 0 Å². The maximum Gasteiger partial charge on any atom is 0.0726 e. The minimum atomic E-state index is 0.849. The molecular weight excluding hydrogens is 360 g/mol. The van der Waals surface area contributed by atoms with Gasteiger partial charge in [-0.3, -0.25) is 19.9 Å². The minimum absolute atomic E-state index is 0.849. The van der Waals surface area contributed by atoms with Crippen molar-refractivity contribution in [2.45, 2.75) is 36.9 Å². The Kier molecular flexibility index (Phi) is 7.03. The largest absolute Gasteiger partial charge is 0.257 e. The van der Waals surface area contributed by atoms with Gasteiger partial charge in [0.25, 0.3) is 0 Å². The molecule has 3 aromatic rings. The van der Waals surface area contributed by atoms with Gasteiger partial charge >= 0.3 is 0 Å². The van der Waals surface area contributed by atoms with Gasteiger partial charge in [-0.2, -0.15) is 0 Å². The second kappa shape index (κ2) is 9.69. The van der Waals surface area contributed by atoms with Gasteiger partial charge in [-0.25, -0.2) is 0 Å². The van der Waals surface area contributed by atoms with E-state index in [0.29, 0.717) is 0 Å². The maximum absolute atomic E-state index is 4.55. The molecule has 0 saturated heterocycles. The van der Waals surface area contributed by atoms with E-state index in [2.05, 4.69) is 44.2 Å². The molecule has 0 saturated carbocycles. The number of thioether (sulfide) groups is 2. The second-order valence-corrected chi connectivity index (χ2v) is 7.95. The number of hydrogen-bond acceptors (Lipinski definition) is 6. The zero-order valence-corrected chi connectivity index (χ0v) is 16.7. The van der Waals surface area contributed by atoms with Crippen LogP contribution in [0.3, 0.4) is 0 Å². The molecule has 3 aromatic heterocycles. The summed E-state index contributed by atoms with van der Waals surface area (Å²) in [5.41, 5.74) is 6.47. The topological polar surface area (TPSA) is 51.6 Å². The Bertz CT molecular complexity index is 784. The molecule has 0 spiro atoms. The molecule has 3 heterocycles. The Hall–Kier alpha value is -1.92. The summed E-state index contributed by atoms with van der Waals surface area (Å²) in [6.07, 6.45) is 3.55. The van der Waals surface area contributed by atoms with Crippen molar-refractivity contribution >= 4 is 23.5 Å². The van der Waals surface area contributed by atoms with Gasteiger partial charge in [-0.1, -0.05) is 12.1 Å². The molecule has 0 atom stereocenters. The summed E-state index contributed by atoms with van der Waals surface area (Å²) in [6.45, 7) is 4.05. The van der Waals surface area contributed by atoms with Crippen molar-refractivity contribution in [1.82, 2.24) is 19.9 Å². The first-order valence-corrected chi connectivity index (χ1v) is 10.8. The normalized spacial score (nSPS) is 10.8. The summed E-state index contributed by atoms with van der Waals surface area (Å²) in [6, 6.07) is 12.3. The van der Waals surface area contributed by atoms with Crippen molar-refractivity contribution < 1.29 is 0 Å². The quantitative estimate of drug-likeness (QED) is 0.560. The molecule has 26 heavy (non-hydrogen) atoms. The number of hydrogen-bond donors (Lipinski definition) is 0. The van der Waals surface area contributed by atoms with E-state index in [1.807, 2.05) is 49.5 Å². The Morgan fingerprint density at radius 3 is 1.54 bits per heavy atom. The fourth-order valence-electron chi connectivity index (χ4n) is 2.50. The van der Waals surface area contributed by atoms with Crippen LogP contribution in [-0.4, -0.2) is 19.9 Å². The standard InChI is InChI=1S/C20H22N4S2/c1-15-5-3-7-17(23-15)11-25-13-19-20(22-10-9-21-19)14-26-12-18-8-4-6-16(2)24-18/h3-10H,11-14H2,1-2H3. The van der Waals surface area contributed by atoms with Crippen LogP contribution in [0, 0.1) is 13.8 Å². The van der Waals surface area contributed by atoms with E-state index in [0.717, 1.165) is 57.2 Å². The number of pyridine rings is 2. The molecule has 3 rings (SSSR count). The van der Waals surface area contributed by atoms with Gasteiger partial charge in [0.05, 0.1) is 22.8 Å². The average Bonchev–Trinajstić information content (AvgIpc) is 2.63. The zero-order chi connectivity index (χ0) is 18.2. The van der Waals surface area contributed by atoms with Crippen LogP contribution in [0.2, 0.25) is 0 Å². The molecule has 134 valence electrons. The first-order valence-electron chi connectivity index (χ1n) is 8.50. The summed E-state index contributed by atoms with van der Waals surface area (Å²) < 4.78 is 0. The molecule has 0 aliphatic heterocycles. The number of rotatable bonds is 8. The summed E-state index contributed by atoms with van der Waals surface area (Å²) in [4.78, 5) is 18.2. The Morgan fingerprint density at radius 2 is 1.12 bits per heavy atom. The third-order valence-corrected chi connectivity index (χ3v) is 5.68. The highest BCUT2D eigenvalue weighted by molar-refractivity contribution is 7.98. The number of aromatic nitrogens is 4. The smallest absolute Gasteiger partial charge is 0.0726 e. The molecule has 0 aliphatic carbocycles. The highest BCUT2D eigenvalue weighted by Gasteiger charge is 2.07. The van der Waals surface area contributed by atoms with E-state index in [1.54, 1.807) is 12.4 Å². The predicted molar refractivity (Wildman–Crippen MR) is 110 cm³/mol. The van der Waals surface area contributed by atoms with Crippen molar-refractivity contribution in [2.75, 3.05) is 0 Å². The van der Waals surface area contributed by atoms with Crippen LogP contribution < -0.4 is 0 Å². The van der Waals surface area contributed by atoms with Gasteiger partial charge < -0.3 is 0 Å². The van der Waals surface area contributed by atoms with Crippen molar-refractivity contribution in [2.24, 2.45) is 0 Å². The lowest BCUT2D eigenvalue weighted by molar-refractivity contribution is 1.02. The van der Waals surface area contributed by atoms with Gasteiger partial charge in [0, 0.05) is 46.8 Å². The van der Waals surface area contributed by atoms with E-state index >= 15 is 0 Å². The van der Waals surface area contributed by atoms with Crippen molar-refractivity contribution in [3.63, 3.8) is 0 Å². The molecule has 0 aliphatic rings. The second-order valence-electron chi connectivity index (χ2n) is 5.98. The summed E-state index contributed by atoms with van der Waals surface area (Å²) in [5, 5.41) is 0. The van der Waals surface area contributed by atoms with E-state index < -0.39 is 0 Å². The third-order valence-electron chi connectivity index (χ3n) is 3.73. The van der Waals surface area contributed by atoms with Crippen molar-refractivity contribution in [3.8, 4) is 0 Å². The Balaban J connectivity index is 1.52. The van der Waals surface area contributed by atoms with Gasteiger partial charge in [-0.15, -0.1) is 23.5 Å². The summed E-state index contributed by atoms with van der Waals surface area (Å²) in [5.74, 6) is 3.47. The van der Waals surface area contributed by atoms with Crippen LogP contribution >= 0.6 is 23.5 Å². The van der Waals surface area contributed by atoms with Crippen LogP contribution in [-0.2, 0) is 23.0 Å². The summed E-state index contributed by atoms with van der Waals surface area (Å²) >= 11 is 3.66. The van der Waals surface area contributed by atoms with Crippen molar-refractivity contribution in [3.05, 3.63) is 83.0 Å². The lowest BCUT2D eigenvalue weighted by atomic mass is 10.3. The van der Waals surface area contributed by atoms with Crippen molar-refractivity contribution in [1.29, 1.82) is 0 Å². The molecule has 0 bridgehead atoms. The molecule has 0 unspecified atom stereocenters. The van der Waals surface area contributed by atoms with Crippen LogP contribution in [0.4, 0.5) is 0 Å². The first-order chi connectivity index (χ1) is 12.7. The fraction of sp³-hybridized carbons (Fsp3) is 0.300. The van der Waals surface area contributed by atoms with Gasteiger partial charge in [0.15, 0.2) is 0 Å². The minimum Gasteiger partial charge on any atom is -0.257 e. The molecule has 0 radical (unpaired) electrons. The third kappa shape index (κ3) is 5.81. The molecule has 0 amide bonds. The highest BCUT2D eigenvalue weighted by Crippen LogP contribution is 2.21. The van der Waals surface area contributed by atoms with E-state index in [-0.39, 0.29) is 0 Å².